The predicted molar refractivity (Wildman–Crippen MR) is 75.7 cm³/mol. The predicted octanol–water partition coefficient (Wildman–Crippen LogP) is 0.988. The molecule has 0 radical (unpaired) electrons. The van der Waals surface area contributed by atoms with Crippen molar-refractivity contribution in [2.24, 2.45) is 5.73 Å². The molecule has 1 aromatic carbocycles. The number of nitrogens with one attached hydrogen (secondary N) is 1. The number of benzene rings is 1. The van der Waals surface area contributed by atoms with Crippen molar-refractivity contribution in [2.45, 2.75) is 31.9 Å². The molecule has 0 fully saturated rings. The normalized spacial score (nSPS) is 12.0. The van der Waals surface area contributed by atoms with Gasteiger partial charge in [0.2, 0.25) is 0 Å². The van der Waals surface area contributed by atoms with Crippen LogP contribution in [-0.2, 0) is 16.2 Å². The third-order valence-corrected chi connectivity index (χ3v) is 2.95. The molecular weight excluding hydrogens is 276 g/mol. The highest BCUT2D eigenvalue weighted by atomic mass is 16.6. The minimum Gasteiger partial charge on any atom is -0.480 e. The van der Waals surface area contributed by atoms with Crippen LogP contribution in [0.3, 0.4) is 0 Å². The fourth-order valence-electron chi connectivity index (χ4n) is 1.80. The molecule has 21 heavy (non-hydrogen) atoms. The summed E-state index contributed by atoms with van der Waals surface area (Å²) in [5.74, 6) is -2.06. The maximum Gasteiger partial charge on any atom is 0.336 e. The lowest BCUT2D eigenvalue weighted by atomic mass is 10.1. The summed E-state index contributed by atoms with van der Waals surface area (Å²) in [5, 5.41) is 18.1. The van der Waals surface area contributed by atoms with E-state index in [1.165, 1.54) is 6.07 Å². The van der Waals surface area contributed by atoms with Crippen molar-refractivity contribution in [1.29, 1.82) is 0 Å². The van der Waals surface area contributed by atoms with Crippen LogP contribution in [-0.4, -0.2) is 34.7 Å². The molecule has 0 amide bonds. The number of carboxylic acids is 2. The fraction of sp³-hybridized carbons (Fsp3) is 0.429. The van der Waals surface area contributed by atoms with Gasteiger partial charge in [0.1, 0.15) is 6.04 Å². The Bertz CT molecular complexity index is 478. The number of aliphatic carboxylic acids is 1. The molecule has 0 aliphatic heterocycles. The van der Waals surface area contributed by atoms with E-state index >= 15 is 0 Å². The molecule has 0 saturated heterocycles. The molecule has 0 aromatic heterocycles. The first-order valence-corrected chi connectivity index (χ1v) is 6.67. The van der Waals surface area contributed by atoms with Gasteiger partial charge in [-0.2, -0.15) is 5.48 Å². The molecule has 116 valence electrons. The maximum absolute atomic E-state index is 11.0. The standard InChI is InChI=1S/C14H20N2O5/c15-8-4-3-7-12(14(19)20)16-21-9-10-5-1-2-6-11(10)13(17)18/h1-2,5-6,12,16H,3-4,7-9,15H2,(H,17,18)(H,19,20)/t12-/m1/s1. The minimum atomic E-state index is -1.05. The van der Waals surface area contributed by atoms with E-state index < -0.39 is 18.0 Å². The van der Waals surface area contributed by atoms with E-state index in [1.54, 1.807) is 18.2 Å². The summed E-state index contributed by atoms with van der Waals surface area (Å²) >= 11 is 0. The van der Waals surface area contributed by atoms with E-state index in [-0.39, 0.29) is 12.2 Å². The van der Waals surface area contributed by atoms with Crippen molar-refractivity contribution >= 4 is 11.9 Å². The first kappa shape index (κ1) is 17.1. The van der Waals surface area contributed by atoms with Crippen LogP contribution in [0.4, 0.5) is 0 Å². The molecule has 1 atom stereocenters. The zero-order chi connectivity index (χ0) is 15.7. The van der Waals surface area contributed by atoms with Crippen LogP contribution >= 0.6 is 0 Å². The van der Waals surface area contributed by atoms with E-state index in [0.717, 1.165) is 6.42 Å². The number of hydrogen-bond acceptors (Lipinski definition) is 5. The van der Waals surface area contributed by atoms with Gasteiger partial charge in [0, 0.05) is 0 Å². The third-order valence-electron chi connectivity index (χ3n) is 2.95. The molecule has 0 heterocycles. The van der Waals surface area contributed by atoms with Crippen LogP contribution in [0.5, 0.6) is 0 Å². The number of rotatable bonds is 10. The highest BCUT2D eigenvalue weighted by molar-refractivity contribution is 5.89. The first-order valence-electron chi connectivity index (χ1n) is 6.67. The van der Waals surface area contributed by atoms with E-state index in [0.29, 0.717) is 24.9 Å². The summed E-state index contributed by atoms with van der Waals surface area (Å²) < 4.78 is 0. The Hall–Kier alpha value is -1.96. The molecule has 0 spiro atoms. The van der Waals surface area contributed by atoms with Crippen molar-refractivity contribution in [2.75, 3.05) is 6.54 Å². The Kier molecular flexibility index (Phi) is 7.38. The minimum absolute atomic E-state index is 0.0247. The Balaban J connectivity index is 2.50. The van der Waals surface area contributed by atoms with E-state index in [9.17, 15) is 9.59 Å². The van der Waals surface area contributed by atoms with Crippen LogP contribution in [0.2, 0.25) is 0 Å². The zero-order valence-corrected chi connectivity index (χ0v) is 11.6. The number of aromatic carboxylic acids is 1. The summed E-state index contributed by atoms with van der Waals surface area (Å²) in [7, 11) is 0. The van der Waals surface area contributed by atoms with Crippen molar-refractivity contribution < 1.29 is 24.6 Å². The van der Waals surface area contributed by atoms with Gasteiger partial charge in [-0.05, 0) is 37.4 Å². The summed E-state index contributed by atoms with van der Waals surface area (Å²) in [5.41, 5.74) is 8.43. The van der Waals surface area contributed by atoms with Gasteiger partial charge < -0.3 is 15.9 Å². The lowest BCUT2D eigenvalue weighted by molar-refractivity contribution is -0.145. The molecule has 0 saturated carbocycles. The van der Waals surface area contributed by atoms with Crippen LogP contribution in [0.25, 0.3) is 0 Å². The number of hydroxylamine groups is 1. The Morgan fingerprint density at radius 2 is 1.95 bits per heavy atom. The van der Waals surface area contributed by atoms with Gasteiger partial charge >= 0.3 is 11.9 Å². The van der Waals surface area contributed by atoms with Crippen LogP contribution in [0.15, 0.2) is 24.3 Å². The Labute approximate surface area is 122 Å². The van der Waals surface area contributed by atoms with Crippen molar-refractivity contribution in [1.82, 2.24) is 5.48 Å². The molecule has 1 rings (SSSR count). The quantitative estimate of drug-likeness (QED) is 0.375. The van der Waals surface area contributed by atoms with Crippen LogP contribution in [0.1, 0.15) is 35.2 Å². The Morgan fingerprint density at radius 1 is 1.24 bits per heavy atom. The molecule has 0 unspecified atom stereocenters. The number of hydrogen-bond donors (Lipinski definition) is 4. The molecule has 0 bridgehead atoms. The van der Waals surface area contributed by atoms with Gasteiger partial charge in [0.25, 0.3) is 0 Å². The average Bonchev–Trinajstić information content (AvgIpc) is 2.45. The van der Waals surface area contributed by atoms with Gasteiger partial charge in [-0.25, -0.2) is 4.79 Å². The van der Waals surface area contributed by atoms with Crippen LogP contribution < -0.4 is 11.2 Å². The molecule has 1 aromatic rings. The molecular formula is C14H20N2O5. The third kappa shape index (κ3) is 5.90. The van der Waals surface area contributed by atoms with Crippen molar-refractivity contribution in [3.05, 3.63) is 35.4 Å². The van der Waals surface area contributed by atoms with E-state index in [2.05, 4.69) is 5.48 Å². The molecule has 5 N–H and O–H groups in total. The summed E-state index contributed by atoms with van der Waals surface area (Å²) in [6, 6.07) is 5.56. The largest absolute Gasteiger partial charge is 0.480 e. The summed E-state index contributed by atoms with van der Waals surface area (Å²) in [6.45, 7) is 0.488. The van der Waals surface area contributed by atoms with Gasteiger partial charge in [0.05, 0.1) is 12.2 Å². The van der Waals surface area contributed by atoms with E-state index in [4.69, 9.17) is 20.8 Å². The molecule has 0 aliphatic rings. The van der Waals surface area contributed by atoms with Gasteiger partial charge in [-0.15, -0.1) is 0 Å². The zero-order valence-electron chi connectivity index (χ0n) is 11.6. The average molecular weight is 296 g/mol. The number of unbranched alkanes of at least 4 members (excludes halogenated alkanes) is 1. The monoisotopic (exact) mass is 296 g/mol. The number of carboxylic acid groups (broad SMARTS) is 2. The van der Waals surface area contributed by atoms with Crippen molar-refractivity contribution in [3.63, 3.8) is 0 Å². The first-order chi connectivity index (χ1) is 10.1. The SMILES string of the molecule is NCCCC[C@@H](NOCc1ccccc1C(=O)O)C(=O)O. The lowest BCUT2D eigenvalue weighted by Crippen LogP contribution is -2.36. The fourth-order valence-corrected chi connectivity index (χ4v) is 1.80. The Morgan fingerprint density at radius 3 is 2.57 bits per heavy atom. The van der Waals surface area contributed by atoms with Crippen molar-refractivity contribution in [3.8, 4) is 0 Å². The highest BCUT2D eigenvalue weighted by Gasteiger charge is 2.17. The topological polar surface area (TPSA) is 122 Å². The van der Waals surface area contributed by atoms with Gasteiger partial charge in [-0.3, -0.25) is 9.63 Å². The van der Waals surface area contributed by atoms with Crippen LogP contribution in [0, 0.1) is 0 Å². The number of nitrogens with two attached hydrogens (primary N) is 1. The summed E-state index contributed by atoms with van der Waals surface area (Å²) in [6.07, 6.45) is 1.82. The lowest BCUT2D eigenvalue weighted by Gasteiger charge is -2.14. The smallest absolute Gasteiger partial charge is 0.336 e. The summed E-state index contributed by atoms with van der Waals surface area (Å²) in [4.78, 5) is 27.2. The van der Waals surface area contributed by atoms with Gasteiger partial charge in [-0.1, -0.05) is 18.2 Å². The van der Waals surface area contributed by atoms with Gasteiger partial charge in [0.15, 0.2) is 0 Å². The molecule has 7 nitrogen and oxygen atoms in total. The molecule has 0 aliphatic carbocycles. The highest BCUT2D eigenvalue weighted by Crippen LogP contribution is 2.10. The maximum atomic E-state index is 11.0. The second-order valence-electron chi connectivity index (χ2n) is 4.54. The number of carbonyl (C=O) groups is 2. The van der Waals surface area contributed by atoms with E-state index in [1.807, 2.05) is 0 Å². The second kappa shape index (κ2) is 9.06. The molecule has 7 heteroatoms. The second-order valence-corrected chi connectivity index (χ2v) is 4.54.